The van der Waals surface area contributed by atoms with Crippen molar-refractivity contribution < 1.29 is 9.53 Å². The minimum absolute atomic E-state index is 0.0563. The molecule has 7 heteroatoms. The first-order valence-electron chi connectivity index (χ1n) is 8.99. The maximum atomic E-state index is 12.0. The van der Waals surface area contributed by atoms with Gasteiger partial charge in [0.25, 0.3) is 0 Å². The van der Waals surface area contributed by atoms with E-state index in [1.165, 1.54) is 17.1 Å². The van der Waals surface area contributed by atoms with Crippen LogP contribution in [0, 0.1) is 0 Å². The Morgan fingerprint density at radius 1 is 1.31 bits per heavy atom. The van der Waals surface area contributed by atoms with Gasteiger partial charge in [0.1, 0.15) is 5.82 Å². The second-order valence-corrected chi connectivity index (χ2v) is 7.12. The molecule has 0 fully saturated rings. The van der Waals surface area contributed by atoms with Crippen molar-refractivity contribution in [1.82, 2.24) is 14.7 Å². The van der Waals surface area contributed by atoms with E-state index >= 15 is 0 Å². The fraction of sp³-hybridized carbons (Fsp3) is 0.526. The number of nitrogens with zero attached hydrogens (tertiary/aromatic N) is 3. The minimum Gasteiger partial charge on any atom is -0.385 e. The van der Waals surface area contributed by atoms with Gasteiger partial charge in [-0.05, 0) is 25.8 Å². The van der Waals surface area contributed by atoms with Crippen LogP contribution in [0.5, 0.6) is 0 Å². The molecule has 0 atom stereocenters. The Morgan fingerprint density at radius 2 is 2.08 bits per heavy atom. The van der Waals surface area contributed by atoms with E-state index in [-0.39, 0.29) is 11.9 Å². The van der Waals surface area contributed by atoms with Gasteiger partial charge in [0, 0.05) is 57.2 Å². The van der Waals surface area contributed by atoms with Crippen LogP contribution in [0.3, 0.4) is 0 Å². The van der Waals surface area contributed by atoms with Gasteiger partial charge < -0.3 is 15.0 Å². The molecule has 0 saturated heterocycles. The number of amides is 1. The van der Waals surface area contributed by atoms with Gasteiger partial charge in [-0.25, -0.2) is 4.98 Å². The van der Waals surface area contributed by atoms with Crippen molar-refractivity contribution in [3.05, 3.63) is 41.7 Å². The zero-order valence-electron chi connectivity index (χ0n) is 15.8. The lowest BCUT2D eigenvalue weighted by Gasteiger charge is -2.25. The van der Waals surface area contributed by atoms with Crippen molar-refractivity contribution >= 4 is 22.6 Å². The average molecular weight is 377 g/mol. The van der Waals surface area contributed by atoms with Crippen molar-refractivity contribution in [2.45, 2.75) is 39.2 Å². The fourth-order valence-electron chi connectivity index (χ4n) is 2.54. The highest BCUT2D eigenvalue weighted by molar-refractivity contribution is 7.09. The summed E-state index contributed by atoms with van der Waals surface area (Å²) in [4.78, 5) is 18.8. The van der Waals surface area contributed by atoms with Gasteiger partial charge >= 0.3 is 0 Å². The highest BCUT2D eigenvalue weighted by atomic mass is 32.1. The van der Waals surface area contributed by atoms with E-state index in [1.807, 2.05) is 18.2 Å². The SMILES string of the molecule is COCCCNC(=O)CCN(c1nc(Cc2ccccc2)ns1)C(C)C. The third kappa shape index (κ3) is 6.72. The third-order valence-electron chi connectivity index (χ3n) is 3.96. The molecule has 2 rings (SSSR count). The van der Waals surface area contributed by atoms with Gasteiger partial charge in [0.05, 0.1) is 0 Å². The van der Waals surface area contributed by atoms with E-state index in [0.29, 0.717) is 26.1 Å². The predicted molar refractivity (Wildman–Crippen MR) is 106 cm³/mol. The number of methoxy groups -OCH3 is 1. The molecule has 0 bridgehead atoms. The summed E-state index contributed by atoms with van der Waals surface area (Å²) in [5.74, 6) is 0.881. The van der Waals surface area contributed by atoms with Crippen molar-refractivity contribution in [2.24, 2.45) is 0 Å². The lowest BCUT2D eigenvalue weighted by Crippen LogP contribution is -2.35. The zero-order valence-corrected chi connectivity index (χ0v) is 16.6. The van der Waals surface area contributed by atoms with Crippen LogP contribution in [0.4, 0.5) is 5.13 Å². The number of aromatic nitrogens is 2. The normalized spacial score (nSPS) is 10.9. The van der Waals surface area contributed by atoms with Gasteiger partial charge in [0.2, 0.25) is 11.0 Å². The van der Waals surface area contributed by atoms with Crippen LogP contribution in [0.2, 0.25) is 0 Å². The molecule has 1 amide bonds. The van der Waals surface area contributed by atoms with Crippen LogP contribution >= 0.6 is 11.5 Å². The second kappa shape index (κ2) is 10.9. The molecule has 1 aromatic heterocycles. The molecule has 0 spiro atoms. The van der Waals surface area contributed by atoms with Gasteiger partial charge in [-0.1, -0.05) is 30.3 Å². The van der Waals surface area contributed by atoms with E-state index in [9.17, 15) is 4.79 Å². The van der Waals surface area contributed by atoms with Crippen molar-refractivity contribution in [3.8, 4) is 0 Å². The standard InChI is InChI=1S/C19H28N4O2S/c1-15(2)23(12-10-18(24)20-11-7-13-25-3)19-21-17(22-26-19)14-16-8-5-4-6-9-16/h4-6,8-9,15H,7,10-14H2,1-3H3,(H,20,24). The molecule has 26 heavy (non-hydrogen) atoms. The Hall–Kier alpha value is -1.99. The number of ether oxygens (including phenoxy) is 1. The van der Waals surface area contributed by atoms with Crippen LogP contribution in [0.25, 0.3) is 0 Å². The largest absolute Gasteiger partial charge is 0.385 e. The van der Waals surface area contributed by atoms with Crippen molar-refractivity contribution in [1.29, 1.82) is 0 Å². The number of rotatable bonds is 11. The van der Waals surface area contributed by atoms with Crippen LogP contribution in [-0.4, -0.2) is 48.1 Å². The summed E-state index contributed by atoms with van der Waals surface area (Å²) < 4.78 is 9.47. The van der Waals surface area contributed by atoms with Gasteiger partial charge in [-0.3, -0.25) is 4.79 Å². The molecular weight excluding hydrogens is 348 g/mol. The predicted octanol–water partition coefficient (Wildman–Crippen LogP) is 2.89. The molecule has 0 aliphatic rings. The van der Waals surface area contributed by atoms with Crippen molar-refractivity contribution in [2.75, 3.05) is 31.7 Å². The van der Waals surface area contributed by atoms with Gasteiger partial charge in [0.15, 0.2) is 0 Å². The Bertz CT molecular complexity index is 661. The smallest absolute Gasteiger partial charge is 0.221 e. The molecular formula is C19H28N4O2S. The molecule has 6 nitrogen and oxygen atoms in total. The Kier molecular flexibility index (Phi) is 8.50. The highest BCUT2D eigenvalue weighted by Gasteiger charge is 2.17. The summed E-state index contributed by atoms with van der Waals surface area (Å²) in [6.45, 7) is 6.15. The zero-order chi connectivity index (χ0) is 18.8. The number of benzene rings is 1. The molecule has 2 aromatic rings. The first kappa shape index (κ1) is 20.3. The third-order valence-corrected chi connectivity index (χ3v) is 4.75. The van der Waals surface area contributed by atoms with E-state index in [1.54, 1.807) is 7.11 Å². The van der Waals surface area contributed by atoms with E-state index in [4.69, 9.17) is 4.74 Å². The lowest BCUT2D eigenvalue weighted by atomic mass is 10.1. The van der Waals surface area contributed by atoms with Crippen molar-refractivity contribution in [3.63, 3.8) is 0 Å². The van der Waals surface area contributed by atoms with Crippen LogP contribution in [-0.2, 0) is 16.0 Å². The monoisotopic (exact) mass is 376 g/mol. The summed E-state index contributed by atoms with van der Waals surface area (Å²) in [5.41, 5.74) is 1.20. The molecule has 1 N–H and O–H groups in total. The molecule has 1 aromatic carbocycles. The molecule has 0 aliphatic carbocycles. The van der Waals surface area contributed by atoms with E-state index in [0.717, 1.165) is 23.8 Å². The van der Waals surface area contributed by atoms with Gasteiger partial charge in [-0.2, -0.15) is 4.37 Å². The van der Waals surface area contributed by atoms with Gasteiger partial charge in [-0.15, -0.1) is 0 Å². The number of carbonyl (C=O) groups excluding carboxylic acids is 1. The second-order valence-electron chi connectivity index (χ2n) is 6.39. The average Bonchev–Trinajstić information content (AvgIpc) is 3.07. The molecule has 0 aliphatic heterocycles. The number of carbonyl (C=O) groups is 1. The number of anilines is 1. The van der Waals surface area contributed by atoms with Crippen LogP contribution in [0.1, 0.15) is 38.1 Å². The fourth-order valence-corrected chi connectivity index (χ4v) is 3.39. The van der Waals surface area contributed by atoms with E-state index < -0.39 is 0 Å². The number of hydrogen-bond acceptors (Lipinski definition) is 6. The topological polar surface area (TPSA) is 67.3 Å². The summed E-state index contributed by atoms with van der Waals surface area (Å²) in [6.07, 6.45) is 2.00. The number of hydrogen-bond donors (Lipinski definition) is 1. The molecule has 0 radical (unpaired) electrons. The Morgan fingerprint density at radius 3 is 2.77 bits per heavy atom. The lowest BCUT2D eigenvalue weighted by molar-refractivity contribution is -0.120. The van der Waals surface area contributed by atoms with Crippen LogP contribution in [0.15, 0.2) is 30.3 Å². The molecule has 142 valence electrons. The summed E-state index contributed by atoms with van der Waals surface area (Å²) >= 11 is 1.40. The molecule has 1 heterocycles. The molecule has 0 saturated carbocycles. The quantitative estimate of drug-likeness (QED) is 0.611. The molecule has 0 unspecified atom stereocenters. The summed E-state index contributed by atoms with van der Waals surface area (Å²) in [7, 11) is 1.66. The summed E-state index contributed by atoms with van der Waals surface area (Å²) in [6, 6.07) is 10.5. The number of nitrogens with one attached hydrogen (secondary N) is 1. The highest BCUT2D eigenvalue weighted by Crippen LogP contribution is 2.21. The first-order valence-corrected chi connectivity index (χ1v) is 9.76. The first-order chi connectivity index (χ1) is 12.6. The summed E-state index contributed by atoms with van der Waals surface area (Å²) in [5, 5.41) is 3.80. The maximum Gasteiger partial charge on any atom is 0.221 e. The van der Waals surface area contributed by atoms with Crippen LogP contribution < -0.4 is 10.2 Å². The minimum atomic E-state index is 0.0563. The Labute approximate surface area is 159 Å². The Balaban J connectivity index is 1.88. The maximum absolute atomic E-state index is 12.0. The van der Waals surface area contributed by atoms with E-state index in [2.05, 4.69) is 45.6 Å².